The molecule has 0 saturated carbocycles. The molecular weight excluding hydrogens is 246 g/mol. The van der Waals surface area contributed by atoms with Crippen molar-refractivity contribution in [2.75, 3.05) is 0 Å². The Bertz CT molecular complexity index is 408. The van der Waals surface area contributed by atoms with Crippen LogP contribution in [0.1, 0.15) is 11.1 Å². The highest BCUT2D eigenvalue weighted by Gasteiger charge is 2.29. The van der Waals surface area contributed by atoms with E-state index in [-0.39, 0.29) is 12.1 Å². The first-order chi connectivity index (χ1) is 7.54. The second kappa shape index (κ2) is 5.45. The van der Waals surface area contributed by atoms with Gasteiger partial charge in [0.25, 0.3) is 0 Å². The fourth-order valence-electron chi connectivity index (χ4n) is 1.11. The SMILES string of the molecule is NCc1ccc(CP(=O)(OF)OF)c(F)c1. The lowest BCUT2D eigenvalue weighted by molar-refractivity contribution is -0.0881. The normalized spacial score (nSPS) is 11.8. The smallest absolute Gasteiger partial charge is 0.326 e. The highest BCUT2D eigenvalue weighted by molar-refractivity contribution is 7.52. The number of rotatable bonds is 5. The molecule has 8 heteroatoms. The van der Waals surface area contributed by atoms with Crippen molar-refractivity contribution < 1.29 is 27.5 Å². The van der Waals surface area contributed by atoms with E-state index in [0.717, 1.165) is 6.07 Å². The first-order valence-corrected chi connectivity index (χ1v) is 5.94. The summed E-state index contributed by atoms with van der Waals surface area (Å²) in [4.78, 5) is 0. The zero-order valence-electron chi connectivity index (χ0n) is 8.03. The first kappa shape index (κ1) is 13.2. The monoisotopic (exact) mass is 255 g/mol. The standard InChI is InChI=1S/C8H9F3NO3P/c9-8-3-6(4-12)1-2-7(8)5-16(13,14-10)15-11/h1-3H,4-5,12H2. The average molecular weight is 255 g/mol. The van der Waals surface area contributed by atoms with Crippen molar-refractivity contribution in [3.63, 3.8) is 0 Å². The zero-order chi connectivity index (χ0) is 12.2. The van der Waals surface area contributed by atoms with E-state index >= 15 is 0 Å². The summed E-state index contributed by atoms with van der Waals surface area (Å²) >= 11 is 0. The Morgan fingerprint density at radius 3 is 2.38 bits per heavy atom. The fraction of sp³-hybridized carbons (Fsp3) is 0.250. The molecule has 0 aliphatic carbocycles. The highest BCUT2D eigenvalue weighted by Crippen LogP contribution is 2.52. The molecule has 0 radical (unpaired) electrons. The van der Waals surface area contributed by atoms with Crippen molar-refractivity contribution in [2.45, 2.75) is 12.7 Å². The van der Waals surface area contributed by atoms with Gasteiger partial charge in [0.2, 0.25) is 0 Å². The van der Waals surface area contributed by atoms with E-state index in [0.29, 0.717) is 5.56 Å². The summed E-state index contributed by atoms with van der Waals surface area (Å²) in [7, 11) is -4.56. The minimum absolute atomic E-state index is 0.119. The van der Waals surface area contributed by atoms with Crippen LogP contribution in [-0.4, -0.2) is 0 Å². The van der Waals surface area contributed by atoms with Gasteiger partial charge in [0.15, 0.2) is 0 Å². The summed E-state index contributed by atoms with van der Waals surface area (Å²) in [5.41, 5.74) is 5.57. The topological polar surface area (TPSA) is 61.6 Å². The van der Waals surface area contributed by atoms with Crippen LogP contribution in [0.5, 0.6) is 0 Å². The molecule has 16 heavy (non-hydrogen) atoms. The molecule has 0 aliphatic rings. The molecule has 1 rings (SSSR count). The molecule has 2 N–H and O–H groups in total. The number of hydrogen-bond donors (Lipinski definition) is 1. The van der Waals surface area contributed by atoms with E-state index in [1.807, 2.05) is 0 Å². The van der Waals surface area contributed by atoms with E-state index in [1.54, 1.807) is 0 Å². The summed E-state index contributed by atoms with van der Waals surface area (Å²) in [5.74, 6) is -0.780. The molecule has 0 aromatic heterocycles. The Morgan fingerprint density at radius 2 is 1.94 bits per heavy atom. The van der Waals surface area contributed by atoms with Gasteiger partial charge in [0.05, 0.1) is 6.16 Å². The Kier molecular flexibility index (Phi) is 4.49. The van der Waals surface area contributed by atoms with Crippen LogP contribution in [0.25, 0.3) is 0 Å². The van der Waals surface area contributed by atoms with Gasteiger partial charge >= 0.3 is 7.60 Å². The van der Waals surface area contributed by atoms with E-state index in [4.69, 9.17) is 5.73 Å². The maximum absolute atomic E-state index is 13.3. The average Bonchev–Trinajstić information content (AvgIpc) is 2.31. The largest absolute Gasteiger partial charge is 0.399 e. The van der Waals surface area contributed by atoms with Crippen LogP contribution in [0.2, 0.25) is 0 Å². The molecule has 0 fully saturated rings. The van der Waals surface area contributed by atoms with Gasteiger partial charge in [-0.2, -0.15) is 0 Å². The Hall–Kier alpha value is -0.880. The van der Waals surface area contributed by atoms with E-state index in [2.05, 4.69) is 9.46 Å². The van der Waals surface area contributed by atoms with Crippen molar-refractivity contribution in [1.82, 2.24) is 0 Å². The summed E-state index contributed by atoms with van der Waals surface area (Å²) in [6.07, 6.45) is -0.837. The summed E-state index contributed by atoms with van der Waals surface area (Å²) in [6, 6.07) is 3.73. The van der Waals surface area contributed by atoms with Crippen LogP contribution in [0.4, 0.5) is 13.4 Å². The van der Waals surface area contributed by atoms with Gasteiger partial charge in [-0.25, -0.2) is 4.39 Å². The van der Waals surface area contributed by atoms with E-state index in [1.165, 1.54) is 12.1 Å². The first-order valence-electron chi connectivity index (χ1n) is 4.21. The molecule has 1 aromatic carbocycles. The third-order valence-electron chi connectivity index (χ3n) is 1.93. The predicted molar refractivity (Wildman–Crippen MR) is 50.0 cm³/mol. The summed E-state index contributed by atoms with van der Waals surface area (Å²) in [6.45, 7) is 0.119. The van der Waals surface area contributed by atoms with Crippen molar-refractivity contribution in [3.8, 4) is 0 Å². The van der Waals surface area contributed by atoms with Gasteiger partial charge in [-0.3, -0.25) is 4.57 Å². The van der Waals surface area contributed by atoms with Gasteiger partial charge in [0, 0.05) is 12.1 Å². The van der Waals surface area contributed by atoms with Crippen molar-refractivity contribution in [3.05, 3.63) is 35.1 Å². The third-order valence-corrected chi connectivity index (χ3v) is 3.08. The Morgan fingerprint density at radius 1 is 1.31 bits per heavy atom. The second-order valence-electron chi connectivity index (χ2n) is 3.04. The maximum atomic E-state index is 13.3. The van der Waals surface area contributed by atoms with Gasteiger partial charge in [0.1, 0.15) is 5.82 Å². The van der Waals surface area contributed by atoms with Crippen molar-refractivity contribution >= 4 is 7.60 Å². The minimum atomic E-state index is -4.56. The number of benzene rings is 1. The molecule has 0 heterocycles. The van der Waals surface area contributed by atoms with Crippen molar-refractivity contribution in [2.24, 2.45) is 5.73 Å². The fourth-order valence-corrected chi connectivity index (χ4v) is 1.91. The number of nitrogens with two attached hydrogens (primary N) is 1. The Balaban J connectivity index is 2.94. The molecule has 0 bridgehead atoms. The predicted octanol–water partition coefficient (Wildman–Crippen LogP) is 2.78. The van der Waals surface area contributed by atoms with Crippen LogP contribution in [-0.2, 0) is 26.7 Å². The second-order valence-corrected chi connectivity index (χ2v) is 4.85. The van der Waals surface area contributed by atoms with Crippen LogP contribution in [0.15, 0.2) is 18.2 Å². The molecule has 4 nitrogen and oxygen atoms in total. The molecule has 1 aromatic rings. The molecule has 0 atom stereocenters. The lowest BCUT2D eigenvalue weighted by Crippen LogP contribution is -1.99. The molecule has 0 saturated heterocycles. The highest BCUT2D eigenvalue weighted by atomic mass is 31.2. The lowest BCUT2D eigenvalue weighted by Gasteiger charge is -2.08. The maximum Gasteiger partial charge on any atom is 0.399 e. The van der Waals surface area contributed by atoms with Crippen LogP contribution in [0.3, 0.4) is 0 Å². The molecule has 0 unspecified atom stereocenters. The molecule has 90 valence electrons. The molecular formula is C8H9F3NO3P. The zero-order valence-corrected chi connectivity index (χ0v) is 8.92. The quantitative estimate of drug-likeness (QED) is 0.822. The third kappa shape index (κ3) is 3.05. The van der Waals surface area contributed by atoms with Gasteiger partial charge in [-0.1, -0.05) is 12.1 Å². The lowest BCUT2D eigenvalue weighted by atomic mass is 10.1. The molecule has 0 spiro atoms. The summed E-state index contributed by atoms with van der Waals surface area (Å²) < 4.78 is 53.6. The van der Waals surface area contributed by atoms with Gasteiger partial charge < -0.3 is 5.73 Å². The molecule has 0 amide bonds. The van der Waals surface area contributed by atoms with Gasteiger partial charge in [-0.15, -0.1) is 9.46 Å². The van der Waals surface area contributed by atoms with Crippen LogP contribution in [0, 0.1) is 5.82 Å². The molecule has 0 aliphatic heterocycles. The van der Waals surface area contributed by atoms with E-state index in [9.17, 15) is 18.0 Å². The summed E-state index contributed by atoms with van der Waals surface area (Å²) in [5, 5.41) is 0. The Labute approximate surface area is 89.5 Å². The number of hydrogen-bond acceptors (Lipinski definition) is 4. The van der Waals surface area contributed by atoms with Crippen LogP contribution < -0.4 is 5.73 Å². The van der Waals surface area contributed by atoms with E-state index < -0.39 is 19.6 Å². The van der Waals surface area contributed by atoms with Gasteiger partial charge in [-0.05, 0) is 20.7 Å². The van der Waals surface area contributed by atoms with Crippen LogP contribution >= 0.6 is 7.60 Å². The van der Waals surface area contributed by atoms with Crippen molar-refractivity contribution in [1.29, 1.82) is 0 Å². The minimum Gasteiger partial charge on any atom is -0.326 e. The number of halogens is 3.